The Hall–Kier alpha value is -2.74. The first-order chi connectivity index (χ1) is 12.1. The number of halogens is 3. The minimum absolute atomic E-state index is 0.0335. The highest BCUT2D eigenvalue weighted by atomic mass is 19.4. The summed E-state index contributed by atoms with van der Waals surface area (Å²) in [5.41, 5.74) is 0.0347. The van der Waals surface area contributed by atoms with Crippen molar-refractivity contribution in [2.24, 2.45) is 5.92 Å². The Morgan fingerprint density at radius 1 is 1.23 bits per heavy atom. The Kier molecular flexibility index (Phi) is 7.45. The van der Waals surface area contributed by atoms with Gasteiger partial charge in [0.2, 0.25) is 0 Å². The quantitative estimate of drug-likeness (QED) is 0.686. The summed E-state index contributed by atoms with van der Waals surface area (Å²) in [6, 6.07) is 6.18. The largest absolute Gasteiger partial charge is 0.464 e. The Morgan fingerprint density at radius 3 is 2.31 bits per heavy atom. The molecule has 0 spiro atoms. The number of rotatable bonds is 7. The second-order valence-corrected chi connectivity index (χ2v) is 6.14. The summed E-state index contributed by atoms with van der Waals surface area (Å²) < 4.78 is 44.4. The van der Waals surface area contributed by atoms with Crippen molar-refractivity contribution in [3.63, 3.8) is 0 Å². The van der Waals surface area contributed by atoms with E-state index in [1.54, 1.807) is 19.1 Å². The molecule has 0 radical (unpaired) electrons. The molecule has 0 aromatic heterocycles. The number of nitriles is 2. The maximum absolute atomic E-state index is 13.1. The average Bonchev–Trinajstić information content (AvgIpc) is 2.57. The lowest BCUT2D eigenvalue weighted by Crippen LogP contribution is -2.47. The molecule has 0 saturated heterocycles. The lowest BCUT2D eigenvalue weighted by molar-refractivity contribution is -0.148. The number of hydrogen-bond donors (Lipinski definition) is 0. The zero-order valence-corrected chi connectivity index (χ0v) is 14.8. The van der Waals surface area contributed by atoms with Crippen LogP contribution in [-0.2, 0) is 9.53 Å². The van der Waals surface area contributed by atoms with Crippen LogP contribution in [0, 0.1) is 28.6 Å². The molecule has 0 aliphatic rings. The van der Waals surface area contributed by atoms with Crippen molar-refractivity contribution in [1.82, 2.24) is 0 Å². The normalized spacial score (nSPS) is 12.2. The Bertz CT molecular complexity index is 718. The molecule has 0 N–H and O–H groups in total. The summed E-state index contributed by atoms with van der Waals surface area (Å²) in [6.45, 7) is 3.95. The standard InChI is InChI=1S/C18H20F3N3O2/c1-4-16(17(25)26-10-12(2)3)24(11-18(19,20)21)15-6-5-13(8-22)14(7-15)9-23/h5-7,12,16H,4,10-11H2,1-3H3. The van der Waals surface area contributed by atoms with Crippen LogP contribution in [0.25, 0.3) is 0 Å². The van der Waals surface area contributed by atoms with E-state index in [2.05, 4.69) is 0 Å². The highest BCUT2D eigenvalue weighted by Crippen LogP contribution is 2.27. The van der Waals surface area contributed by atoms with E-state index in [0.717, 1.165) is 4.90 Å². The van der Waals surface area contributed by atoms with Gasteiger partial charge in [0.1, 0.15) is 24.7 Å². The van der Waals surface area contributed by atoms with Crippen LogP contribution in [0.2, 0.25) is 0 Å². The van der Waals surface area contributed by atoms with Gasteiger partial charge in [0.05, 0.1) is 17.7 Å². The van der Waals surface area contributed by atoms with E-state index in [0.29, 0.717) is 0 Å². The Labute approximate surface area is 150 Å². The molecule has 1 rings (SSSR count). The molecule has 26 heavy (non-hydrogen) atoms. The van der Waals surface area contributed by atoms with E-state index in [1.165, 1.54) is 18.2 Å². The van der Waals surface area contributed by atoms with Crippen molar-refractivity contribution < 1.29 is 22.7 Å². The fourth-order valence-corrected chi connectivity index (χ4v) is 2.33. The van der Waals surface area contributed by atoms with Gasteiger partial charge in [-0.1, -0.05) is 20.8 Å². The summed E-state index contributed by atoms with van der Waals surface area (Å²) in [5, 5.41) is 18.1. The Balaban J connectivity index is 3.29. The van der Waals surface area contributed by atoms with Gasteiger partial charge in [-0.25, -0.2) is 4.79 Å². The highest BCUT2D eigenvalue weighted by Gasteiger charge is 2.37. The predicted octanol–water partition coefficient (Wildman–Crippen LogP) is 3.78. The van der Waals surface area contributed by atoms with E-state index in [1.807, 2.05) is 13.8 Å². The number of anilines is 1. The van der Waals surface area contributed by atoms with Crippen LogP contribution in [0.4, 0.5) is 18.9 Å². The van der Waals surface area contributed by atoms with Crippen LogP contribution in [0.5, 0.6) is 0 Å². The zero-order valence-electron chi connectivity index (χ0n) is 14.8. The van der Waals surface area contributed by atoms with E-state index < -0.39 is 24.7 Å². The number of benzene rings is 1. The molecule has 1 atom stereocenters. The fourth-order valence-electron chi connectivity index (χ4n) is 2.33. The number of ether oxygens (including phenoxy) is 1. The average molecular weight is 367 g/mol. The van der Waals surface area contributed by atoms with E-state index >= 15 is 0 Å². The van der Waals surface area contributed by atoms with Crippen LogP contribution in [-0.4, -0.2) is 31.3 Å². The number of carbonyl (C=O) groups is 1. The molecule has 8 heteroatoms. The van der Waals surface area contributed by atoms with Crippen LogP contribution in [0.3, 0.4) is 0 Å². The van der Waals surface area contributed by atoms with Gasteiger partial charge >= 0.3 is 12.1 Å². The van der Waals surface area contributed by atoms with Gasteiger partial charge in [-0.05, 0) is 30.5 Å². The summed E-state index contributed by atoms with van der Waals surface area (Å²) in [4.78, 5) is 13.2. The van der Waals surface area contributed by atoms with Crippen LogP contribution in [0.15, 0.2) is 18.2 Å². The number of nitrogens with zero attached hydrogens (tertiary/aromatic N) is 3. The van der Waals surface area contributed by atoms with Gasteiger partial charge in [0.15, 0.2) is 0 Å². The van der Waals surface area contributed by atoms with Gasteiger partial charge < -0.3 is 9.64 Å². The molecule has 1 unspecified atom stereocenters. The first kappa shape index (κ1) is 21.3. The van der Waals surface area contributed by atoms with E-state index in [9.17, 15) is 18.0 Å². The van der Waals surface area contributed by atoms with Gasteiger partial charge in [0.25, 0.3) is 0 Å². The predicted molar refractivity (Wildman–Crippen MR) is 89.1 cm³/mol. The van der Waals surface area contributed by atoms with Crippen LogP contribution < -0.4 is 4.90 Å². The third kappa shape index (κ3) is 5.96. The van der Waals surface area contributed by atoms with Crippen LogP contribution in [0.1, 0.15) is 38.3 Å². The molecule has 1 aromatic carbocycles. The molecule has 5 nitrogen and oxygen atoms in total. The Morgan fingerprint density at radius 2 is 1.85 bits per heavy atom. The minimum Gasteiger partial charge on any atom is -0.464 e. The first-order valence-corrected chi connectivity index (χ1v) is 8.07. The SMILES string of the molecule is CCC(C(=O)OCC(C)C)N(CC(F)(F)F)c1ccc(C#N)c(C#N)c1. The molecule has 1 aromatic rings. The maximum Gasteiger partial charge on any atom is 0.405 e. The van der Waals surface area contributed by atoms with Crippen molar-refractivity contribution >= 4 is 11.7 Å². The minimum atomic E-state index is -4.56. The van der Waals surface area contributed by atoms with Crippen molar-refractivity contribution in [2.45, 2.75) is 39.4 Å². The third-order valence-electron chi connectivity index (χ3n) is 3.52. The van der Waals surface area contributed by atoms with Gasteiger partial charge in [-0.2, -0.15) is 23.7 Å². The summed E-state index contributed by atoms with van der Waals surface area (Å²) >= 11 is 0. The van der Waals surface area contributed by atoms with Crippen molar-refractivity contribution in [1.29, 1.82) is 10.5 Å². The topological polar surface area (TPSA) is 77.1 Å². The monoisotopic (exact) mass is 367 g/mol. The number of esters is 1. The molecule has 140 valence electrons. The van der Waals surface area contributed by atoms with Crippen LogP contribution >= 0.6 is 0 Å². The molecule has 0 aliphatic heterocycles. The van der Waals surface area contributed by atoms with Gasteiger partial charge in [0, 0.05) is 5.69 Å². The number of carbonyl (C=O) groups excluding carboxylic acids is 1. The molecular formula is C18H20F3N3O2. The molecule has 0 bridgehead atoms. The summed E-state index contributed by atoms with van der Waals surface area (Å²) in [7, 11) is 0. The van der Waals surface area contributed by atoms with Gasteiger partial charge in [-0.15, -0.1) is 0 Å². The lowest BCUT2D eigenvalue weighted by atomic mass is 10.1. The fraction of sp³-hybridized carbons (Fsp3) is 0.500. The van der Waals surface area contributed by atoms with Crippen molar-refractivity contribution in [3.8, 4) is 12.1 Å². The smallest absolute Gasteiger partial charge is 0.405 e. The lowest BCUT2D eigenvalue weighted by Gasteiger charge is -2.32. The molecule has 0 heterocycles. The summed E-state index contributed by atoms with van der Waals surface area (Å²) in [6.07, 6.45) is -4.47. The van der Waals surface area contributed by atoms with Crippen molar-refractivity contribution in [3.05, 3.63) is 29.3 Å². The first-order valence-electron chi connectivity index (χ1n) is 8.07. The molecule has 0 fully saturated rings. The molecule has 0 aliphatic carbocycles. The third-order valence-corrected chi connectivity index (χ3v) is 3.52. The molecule has 0 amide bonds. The second kappa shape index (κ2) is 9.10. The maximum atomic E-state index is 13.1. The summed E-state index contributed by atoms with van der Waals surface area (Å²) in [5.74, 6) is -0.707. The zero-order chi connectivity index (χ0) is 19.9. The molecule has 0 saturated carbocycles. The van der Waals surface area contributed by atoms with Crippen molar-refractivity contribution in [2.75, 3.05) is 18.1 Å². The highest BCUT2D eigenvalue weighted by molar-refractivity contribution is 5.80. The number of alkyl halides is 3. The van der Waals surface area contributed by atoms with E-state index in [4.69, 9.17) is 15.3 Å². The second-order valence-electron chi connectivity index (χ2n) is 6.14. The number of hydrogen-bond acceptors (Lipinski definition) is 5. The van der Waals surface area contributed by atoms with E-state index in [-0.39, 0.29) is 35.8 Å². The van der Waals surface area contributed by atoms with Gasteiger partial charge in [-0.3, -0.25) is 0 Å². The molecular weight excluding hydrogens is 347 g/mol.